The minimum atomic E-state index is -1.05. The number of carbonyl (C=O) groups excluding carboxylic acids is 3. The third-order valence-electron chi connectivity index (χ3n) is 5.58. The van der Waals surface area contributed by atoms with Crippen LogP contribution < -0.4 is 10.6 Å². The Bertz CT molecular complexity index is 977. The van der Waals surface area contributed by atoms with Crippen molar-refractivity contribution in [3.8, 4) is 0 Å². The van der Waals surface area contributed by atoms with Gasteiger partial charge >= 0.3 is 6.03 Å². The van der Waals surface area contributed by atoms with Crippen LogP contribution in [0.4, 0.5) is 4.79 Å². The summed E-state index contributed by atoms with van der Waals surface area (Å²) in [6.45, 7) is 0.112. The zero-order valence-electron chi connectivity index (χ0n) is 15.9. The van der Waals surface area contributed by atoms with E-state index in [2.05, 4.69) is 10.6 Å². The van der Waals surface area contributed by atoms with E-state index in [4.69, 9.17) is 11.6 Å². The van der Waals surface area contributed by atoms with Gasteiger partial charge in [-0.2, -0.15) is 0 Å². The van der Waals surface area contributed by atoms with Gasteiger partial charge in [0.2, 0.25) is 5.91 Å². The number of nitrogens with one attached hydrogen (secondary N) is 2. The van der Waals surface area contributed by atoms with Gasteiger partial charge in [-0.1, -0.05) is 48.0 Å². The number of imide groups is 1. The first-order valence-electron chi connectivity index (χ1n) is 9.73. The maximum absolute atomic E-state index is 13.2. The Balaban J connectivity index is 1.40. The average molecular weight is 412 g/mol. The van der Waals surface area contributed by atoms with Crippen molar-refractivity contribution in [2.45, 2.75) is 31.2 Å². The van der Waals surface area contributed by atoms with Gasteiger partial charge in [0.25, 0.3) is 5.91 Å². The minimum Gasteiger partial charge on any atom is -0.354 e. The van der Waals surface area contributed by atoms with E-state index in [1.165, 1.54) is 0 Å². The molecule has 0 radical (unpaired) electrons. The molecule has 1 aliphatic carbocycles. The summed E-state index contributed by atoms with van der Waals surface area (Å²) in [4.78, 5) is 39.1. The van der Waals surface area contributed by atoms with Crippen molar-refractivity contribution in [3.05, 3.63) is 70.2 Å². The van der Waals surface area contributed by atoms with E-state index in [0.717, 1.165) is 34.4 Å². The van der Waals surface area contributed by atoms with Crippen LogP contribution in [-0.2, 0) is 28.0 Å². The van der Waals surface area contributed by atoms with Crippen LogP contribution in [0.1, 0.15) is 29.5 Å². The van der Waals surface area contributed by atoms with Crippen LogP contribution >= 0.6 is 11.6 Å². The summed E-state index contributed by atoms with van der Waals surface area (Å²) in [7, 11) is 0. The topological polar surface area (TPSA) is 78.5 Å². The van der Waals surface area contributed by atoms with Crippen LogP contribution in [0.3, 0.4) is 0 Å². The molecule has 0 unspecified atom stereocenters. The van der Waals surface area contributed by atoms with Gasteiger partial charge < -0.3 is 10.6 Å². The first-order chi connectivity index (χ1) is 14.0. The fraction of sp³-hybridized carbons (Fsp3) is 0.318. The van der Waals surface area contributed by atoms with E-state index >= 15 is 0 Å². The van der Waals surface area contributed by atoms with Crippen molar-refractivity contribution < 1.29 is 14.4 Å². The SMILES string of the molecule is O=C(CN1C(=O)N[C@@]2(CCCc3ccccc32)C1=O)NCCc1cccc(Cl)c1. The number of urea groups is 1. The molecule has 1 saturated heterocycles. The standard InChI is InChI=1S/C22H22ClN3O3/c23-17-8-3-5-15(13-17)10-12-24-19(27)14-26-20(28)22(25-21(26)29)11-4-7-16-6-1-2-9-18(16)22/h1-3,5-6,8-9,13H,4,7,10-12,14H2,(H,24,27)(H,25,29)/t22-/m1/s1. The highest BCUT2D eigenvalue weighted by Crippen LogP contribution is 2.39. The lowest BCUT2D eigenvalue weighted by atomic mass is 9.76. The van der Waals surface area contributed by atoms with Gasteiger partial charge in [0.05, 0.1) is 0 Å². The molecular weight excluding hydrogens is 390 g/mol. The molecule has 4 rings (SSSR count). The lowest BCUT2D eigenvalue weighted by Gasteiger charge is -2.33. The van der Waals surface area contributed by atoms with Gasteiger partial charge in [0, 0.05) is 11.6 Å². The van der Waals surface area contributed by atoms with E-state index in [9.17, 15) is 14.4 Å². The van der Waals surface area contributed by atoms with E-state index in [-0.39, 0.29) is 18.4 Å². The van der Waals surface area contributed by atoms with Crippen LogP contribution in [0.15, 0.2) is 48.5 Å². The average Bonchev–Trinajstić information content (AvgIpc) is 2.93. The van der Waals surface area contributed by atoms with Crippen LogP contribution in [0.5, 0.6) is 0 Å². The molecule has 7 heteroatoms. The summed E-state index contributed by atoms with van der Waals surface area (Å²) in [5, 5.41) is 6.28. The second kappa shape index (κ2) is 7.87. The number of benzene rings is 2. The van der Waals surface area contributed by atoms with Gasteiger partial charge in [-0.15, -0.1) is 0 Å². The number of halogens is 1. The number of rotatable bonds is 5. The highest BCUT2D eigenvalue weighted by Gasteiger charge is 2.54. The van der Waals surface area contributed by atoms with Gasteiger partial charge in [-0.3, -0.25) is 14.5 Å². The summed E-state index contributed by atoms with van der Waals surface area (Å²) in [5.41, 5.74) is 1.87. The van der Waals surface area contributed by atoms with Gasteiger partial charge in [0.1, 0.15) is 12.1 Å². The molecule has 0 saturated carbocycles. The third-order valence-corrected chi connectivity index (χ3v) is 5.81. The van der Waals surface area contributed by atoms with Gasteiger partial charge in [-0.25, -0.2) is 4.79 Å². The molecule has 0 bridgehead atoms. The first kappa shape index (κ1) is 19.5. The summed E-state index contributed by atoms with van der Waals surface area (Å²) < 4.78 is 0. The molecule has 0 aromatic heterocycles. The molecule has 2 aromatic carbocycles. The molecular formula is C22H22ClN3O3. The number of fused-ring (bicyclic) bond motifs is 2. The summed E-state index contributed by atoms with van der Waals surface area (Å²) in [6, 6.07) is 14.6. The Morgan fingerprint density at radius 3 is 2.83 bits per heavy atom. The molecule has 1 heterocycles. The smallest absolute Gasteiger partial charge is 0.325 e. The van der Waals surface area contributed by atoms with Crippen LogP contribution in [-0.4, -0.2) is 35.8 Å². The zero-order chi connectivity index (χ0) is 20.4. The highest BCUT2D eigenvalue weighted by molar-refractivity contribution is 6.30. The lowest BCUT2D eigenvalue weighted by Crippen LogP contribution is -2.47. The molecule has 2 N–H and O–H groups in total. The lowest BCUT2D eigenvalue weighted by molar-refractivity contribution is -0.135. The fourth-order valence-corrected chi connectivity index (χ4v) is 4.41. The highest BCUT2D eigenvalue weighted by atomic mass is 35.5. The molecule has 150 valence electrons. The molecule has 1 atom stereocenters. The number of hydrogen-bond donors (Lipinski definition) is 2. The third kappa shape index (κ3) is 3.72. The Hall–Kier alpha value is -2.86. The van der Waals surface area contributed by atoms with Crippen LogP contribution in [0, 0.1) is 0 Å². The maximum atomic E-state index is 13.2. The van der Waals surface area contributed by atoms with Gasteiger partial charge in [-0.05, 0) is 54.5 Å². The molecule has 1 spiro atoms. The van der Waals surface area contributed by atoms with E-state index in [0.29, 0.717) is 24.4 Å². The zero-order valence-corrected chi connectivity index (χ0v) is 16.7. The van der Waals surface area contributed by atoms with Crippen molar-refractivity contribution in [1.82, 2.24) is 15.5 Å². The Labute approximate surface area is 174 Å². The van der Waals surface area contributed by atoms with E-state index in [1.54, 1.807) is 6.07 Å². The number of aryl methyl sites for hydroxylation is 1. The second-order valence-corrected chi connectivity index (χ2v) is 7.90. The fourth-order valence-electron chi connectivity index (χ4n) is 4.19. The molecule has 29 heavy (non-hydrogen) atoms. The van der Waals surface area contributed by atoms with Gasteiger partial charge in [0.15, 0.2) is 0 Å². The van der Waals surface area contributed by atoms with Crippen LogP contribution in [0.25, 0.3) is 0 Å². The quantitative estimate of drug-likeness (QED) is 0.742. The predicted octanol–water partition coefficient (Wildman–Crippen LogP) is 2.78. The Morgan fingerprint density at radius 2 is 2.00 bits per heavy atom. The number of nitrogens with zero attached hydrogens (tertiary/aromatic N) is 1. The number of carbonyl (C=O) groups is 3. The molecule has 1 fully saturated rings. The second-order valence-electron chi connectivity index (χ2n) is 7.47. The largest absolute Gasteiger partial charge is 0.354 e. The summed E-state index contributed by atoms with van der Waals surface area (Å²) in [6.07, 6.45) is 2.85. The Kier molecular flexibility index (Phi) is 5.28. The number of amides is 4. The first-order valence-corrected chi connectivity index (χ1v) is 10.1. The molecule has 4 amide bonds. The molecule has 2 aliphatic rings. The monoisotopic (exact) mass is 411 g/mol. The summed E-state index contributed by atoms with van der Waals surface area (Å²) >= 11 is 5.96. The number of hydrogen-bond acceptors (Lipinski definition) is 3. The normalized spacial score (nSPS) is 20.5. The van der Waals surface area contributed by atoms with Crippen molar-refractivity contribution in [2.75, 3.05) is 13.1 Å². The molecule has 1 aliphatic heterocycles. The van der Waals surface area contributed by atoms with Crippen molar-refractivity contribution in [1.29, 1.82) is 0 Å². The van der Waals surface area contributed by atoms with Crippen molar-refractivity contribution in [2.24, 2.45) is 0 Å². The van der Waals surface area contributed by atoms with Crippen LogP contribution in [0.2, 0.25) is 5.02 Å². The maximum Gasteiger partial charge on any atom is 0.325 e. The predicted molar refractivity (Wildman–Crippen MR) is 109 cm³/mol. The van der Waals surface area contributed by atoms with E-state index < -0.39 is 11.6 Å². The van der Waals surface area contributed by atoms with E-state index in [1.807, 2.05) is 42.5 Å². The minimum absolute atomic E-state index is 0.288. The summed E-state index contributed by atoms with van der Waals surface area (Å²) in [5.74, 6) is -0.712. The van der Waals surface area contributed by atoms with Crippen molar-refractivity contribution in [3.63, 3.8) is 0 Å². The van der Waals surface area contributed by atoms with Crippen molar-refractivity contribution >= 4 is 29.4 Å². The molecule has 6 nitrogen and oxygen atoms in total. The molecule has 2 aromatic rings. The Morgan fingerprint density at radius 1 is 1.17 bits per heavy atom.